The van der Waals surface area contributed by atoms with Crippen LogP contribution in [0.1, 0.15) is 22.7 Å². The number of halogens is 2. The van der Waals surface area contributed by atoms with Gasteiger partial charge < -0.3 is 19.5 Å². The molecule has 1 aliphatic rings. The molecule has 158 valence electrons. The highest BCUT2D eigenvalue weighted by Crippen LogP contribution is 2.43. The number of aryl methyl sites for hydroxylation is 1. The van der Waals surface area contributed by atoms with Crippen molar-refractivity contribution in [1.29, 1.82) is 0 Å². The molecule has 2 aromatic carbocycles. The zero-order valence-corrected chi connectivity index (χ0v) is 17.5. The molecule has 1 amide bonds. The van der Waals surface area contributed by atoms with Crippen LogP contribution in [0.3, 0.4) is 0 Å². The van der Waals surface area contributed by atoms with Crippen LogP contribution in [-0.4, -0.2) is 49.1 Å². The Balaban J connectivity index is 2.28. The fourth-order valence-corrected chi connectivity index (χ4v) is 3.93. The largest absolute Gasteiger partial charge is 0.507 e. The number of aliphatic hydroxyl groups is 1. The predicted molar refractivity (Wildman–Crippen MR) is 110 cm³/mol. The molecular formula is C22H21ClFNO5. The molecule has 0 aromatic heterocycles. The van der Waals surface area contributed by atoms with Gasteiger partial charge in [0.1, 0.15) is 17.3 Å². The molecule has 0 bridgehead atoms. The number of carbonyl (C=O) groups is 2. The van der Waals surface area contributed by atoms with E-state index in [1.54, 1.807) is 25.1 Å². The van der Waals surface area contributed by atoms with Gasteiger partial charge in [0.2, 0.25) is 0 Å². The number of carbonyl (C=O) groups excluding carboxylic acids is 2. The van der Waals surface area contributed by atoms with Crippen LogP contribution in [0, 0.1) is 12.7 Å². The van der Waals surface area contributed by atoms with Crippen molar-refractivity contribution in [3.05, 3.63) is 69.5 Å². The summed E-state index contributed by atoms with van der Waals surface area (Å²) in [4.78, 5) is 26.8. The lowest BCUT2D eigenvalue weighted by atomic mass is 9.94. The van der Waals surface area contributed by atoms with E-state index >= 15 is 0 Å². The van der Waals surface area contributed by atoms with Gasteiger partial charge in [0, 0.05) is 19.2 Å². The van der Waals surface area contributed by atoms with Gasteiger partial charge in [-0.2, -0.15) is 0 Å². The van der Waals surface area contributed by atoms with E-state index in [-0.39, 0.29) is 40.6 Å². The second kappa shape index (κ2) is 8.85. The summed E-state index contributed by atoms with van der Waals surface area (Å²) < 4.78 is 25.0. The Morgan fingerprint density at radius 1 is 1.23 bits per heavy atom. The van der Waals surface area contributed by atoms with Crippen LogP contribution in [0.5, 0.6) is 5.75 Å². The number of nitrogens with zero attached hydrogens (tertiary/aromatic N) is 1. The van der Waals surface area contributed by atoms with E-state index in [9.17, 15) is 19.1 Å². The third kappa shape index (κ3) is 3.78. The molecule has 1 atom stereocenters. The Hall–Kier alpha value is -2.90. The average molecular weight is 434 g/mol. The fourth-order valence-electron chi connectivity index (χ4n) is 3.58. The molecule has 1 aliphatic heterocycles. The smallest absolute Gasteiger partial charge is 0.295 e. The summed E-state index contributed by atoms with van der Waals surface area (Å²) in [5.41, 5.74) is 0.709. The summed E-state index contributed by atoms with van der Waals surface area (Å²) in [5, 5.41) is 11.4. The van der Waals surface area contributed by atoms with E-state index in [1.807, 2.05) is 0 Å². The Morgan fingerprint density at radius 2 is 1.93 bits per heavy atom. The third-order valence-electron chi connectivity index (χ3n) is 4.92. The number of likely N-dealkylation sites (tertiary alicyclic amines) is 1. The molecule has 0 aliphatic carbocycles. The molecule has 0 radical (unpaired) electrons. The van der Waals surface area contributed by atoms with E-state index in [1.165, 1.54) is 37.3 Å². The first kappa shape index (κ1) is 21.8. The van der Waals surface area contributed by atoms with Gasteiger partial charge in [-0.05, 0) is 30.7 Å². The van der Waals surface area contributed by atoms with Crippen molar-refractivity contribution in [3.8, 4) is 5.75 Å². The monoisotopic (exact) mass is 433 g/mol. The van der Waals surface area contributed by atoms with Crippen molar-refractivity contribution in [3.63, 3.8) is 0 Å². The van der Waals surface area contributed by atoms with Gasteiger partial charge in [-0.1, -0.05) is 29.8 Å². The lowest BCUT2D eigenvalue weighted by Gasteiger charge is -2.25. The second-order valence-corrected chi connectivity index (χ2v) is 7.24. The highest BCUT2D eigenvalue weighted by molar-refractivity contribution is 6.46. The maximum atomic E-state index is 14.7. The maximum Gasteiger partial charge on any atom is 0.295 e. The Labute approximate surface area is 178 Å². The summed E-state index contributed by atoms with van der Waals surface area (Å²) in [5.74, 6) is -2.71. The molecule has 0 saturated carbocycles. The standard InChI is InChI=1S/C22H21ClFNO5/c1-12-10-14(21(30-3)15(23)11-12)19(26)17-18(13-6-4-5-7-16(13)24)25(8-9-29-2)22(28)20(17)27/h4-7,10-11,18,26H,8-9H2,1-3H3/b19-17+. The number of hydrogen-bond acceptors (Lipinski definition) is 5. The first-order valence-electron chi connectivity index (χ1n) is 9.18. The Kier molecular flexibility index (Phi) is 6.43. The minimum atomic E-state index is -1.12. The van der Waals surface area contributed by atoms with Crippen molar-refractivity contribution in [2.75, 3.05) is 27.4 Å². The van der Waals surface area contributed by atoms with E-state index in [0.717, 1.165) is 0 Å². The molecule has 1 saturated heterocycles. The van der Waals surface area contributed by atoms with Crippen LogP contribution < -0.4 is 4.74 Å². The van der Waals surface area contributed by atoms with Crippen molar-refractivity contribution < 1.29 is 28.6 Å². The van der Waals surface area contributed by atoms with Gasteiger partial charge >= 0.3 is 0 Å². The normalized spacial score (nSPS) is 18.2. The average Bonchev–Trinajstić information content (AvgIpc) is 2.96. The number of hydrogen-bond donors (Lipinski definition) is 1. The van der Waals surface area contributed by atoms with Crippen molar-refractivity contribution >= 4 is 29.1 Å². The summed E-state index contributed by atoms with van der Waals surface area (Å²) in [6.45, 7) is 1.94. The number of aliphatic hydroxyl groups excluding tert-OH is 1. The first-order chi connectivity index (χ1) is 14.3. The summed E-state index contributed by atoms with van der Waals surface area (Å²) in [6.07, 6.45) is 0. The molecule has 8 heteroatoms. The zero-order chi connectivity index (χ0) is 22.0. The highest BCUT2D eigenvalue weighted by atomic mass is 35.5. The topological polar surface area (TPSA) is 76.1 Å². The SMILES string of the molecule is COCCN1C(=O)C(=O)/C(=C(/O)c2cc(C)cc(Cl)c2OC)C1c1ccccc1F. The number of Topliss-reactive ketones (excluding diaryl/α,β-unsaturated/α-hetero) is 1. The van der Waals surface area contributed by atoms with Gasteiger partial charge in [-0.25, -0.2) is 4.39 Å². The summed E-state index contributed by atoms with van der Waals surface area (Å²) in [7, 11) is 2.83. The van der Waals surface area contributed by atoms with E-state index in [4.69, 9.17) is 21.1 Å². The number of ketones is 1. The quantitative estimate of drug-likeness (QED) is 0.425. The van der Waals surface area contributed by atoms with Gasteiger partial charge in [-0.15, -0.1) is 0 Å². The molecular weight excluding hydrogens is 413 g/mol. The Bertz CT molecular complexity index is 1040. The van der Waals surface area contributed by atoms with E-state index < -0.39 is 29.3 Å². The molecule has 1 heterocycles. The molecule has 0 spiro atoms. The van der Waals surface area contributed by atoms with Crippen LogP contribution in [0.4, 0.5) is 4.39 Å². The molecule has 2 aromatic rings. The van der Waals surface area contributed by atoms with Gasteiger partial charge in [0.15, 0.2) is 0 Å². The predicted octanol–water partition coefficient (Wildman–Crippen LogP) is 3.86. The van der Waals surface area contributed by atoms with Crippen molar-refractivity contribution in [1.82, 2.24) is 4.90 Å². The van der Waals surface area contributed by atoms with Crippen LogP contribution in [0.2, 0.25) is 5.02 Å². The zero-order valence-electron chi connectivity index (χ0n) is 16.7. The highest BCUT2D eigenvalue weighted by Gasteiger charge is 2.47. The van der Waals surface area contributed by atoms with Crippen LogP contribution in [0.25, 0.3) is 5.76 Å². The molecule has 1 fully saturated rings. The summed E-state index contributed by atoms with van der Waals surface area (Å²) >= 11 is 6.23. The number of ether oxygens (including phenoxy) is 2. The second-order valence-electron chi connectivity index (χ2n) is 6.83. The minimum absolute atomic E-state index is 0.0442. The van der Waals surface area contributed by atoms with Crippen molar-refractivity contribution in [2.24, 2.45) is 0 Å². The van der Waals surface area contributed by atoms with E-state index in [2.05, 4.69) is 0 Å². The van der Waals surface area contributed by atoms with Gasteiger partial charge in [-0.3, -0.25) is 9.59 Å². The number of rotatable bonds is 6. The molecule has 30 heavy (non-hydrogen) atoms. The summed E-state index contributed by atoms with van der Waals surface area (Å²) in [6, 6.07) is 7.91. The fraction of sp³-hybridized carbons (Fsp3) is 0.273. The lowest BCUT2D eigenvalue weighted by Crippen LogP contribution is -2.33. The van der Waals surface area contributed by atoms with Crippen LogP contribution in [-0.2, 0) is 14.3 Å². The first-order valence-corrected chi connectivity index (χ1v) is 9.55. The Morgan fingerprint density at radius 3 is 2.57 bits per heavy atom. The van der Waals surface area contributed by atoms with Crippen molar-refractivity contribution in [2.45, 2.75) is 13.0 Å². The minimum Gasteiger partial charge on any atom is -0.507 e. The third-order valence-corrected chi connectivity index (χ3v) is 5.20. The van der Waals surface area contributed by atoms with Gasteiger partial charge in [0.25, 0.3) is 11.7 Å². The molecule has 3 rings (SSSR count). The molecule has 1 unspecified atom stereocenters. The number of methoxy groups -OCH3 is 2. The maximum absolute atomic E-state index is 14.7. The van der Waals surface area contributed by atoms with E-state index in [0.29, 0.717) is 5.56 Å². The number of benzene rings is 2. The van der Waals surface area contributed by atoms with Crippen LogP contribution in [0.15, 0.2) is 42.0 Å². The molecule has 1 N–H and O–H groups in total. The molecule has 6 nitrogen and oxygen atoms in total. The lowest BCUT2D eigenvalue weighted by molar-refractivity contribution is -0.140. The number of amides is 1. The van der Waals surface area contributed by atoms with Crippen LogP contribution >= 0.6 is 11.6 Å². The van der Waals surface area contributed by atoms with Gasteiger partial charge in [0.05, 0.1) is 35.9 Å².